The Labute approximate surface area is 116 Å². The maximum absolute atomic E-state index is 11.3. The molecule has 0 aliphatic carbocycles. The molecule has 1 aliphatic heterocycles. The number of carboxylic acids is 1. The summed E-state index contributed by atoms with van der Waals surface area (Å²) in [5, 5.41) is 9.27. The third-order valence-electron chi connectivity index (χ3n) is 3.57. The minimum Gasteiger partial charge on any atom is -0.487 e. The molecule has 104 valence electrons. The van der Waals surface area contributed by atoms with Crippen molar-refractivity contribution in [2.45, 2.75) is 31.9 Å². The first kappa shape index (κ1) is 12.7. The summed E-state index contributed by atoms with van der Waals surface area (Å²) < 4.78 is 7.68. The molecule has 1 aromatic heterocycles. The van der Waals surface area contributed by atoms with Crippen LogP contribution in [-0.4, -0.2) is 26.2 Å². The van der Waals surface area contributed by atoms with Crippen molar-refractivity contribution in [3.63, 3.8) is 0 Å². The lowest BCUT2D eigenvalue weighted by Gasteiger charge is -2.38. The van der Waals surface area contributed by atoms with Crippen LogP contribution in [0.1, 0.15) is 42.4 Å². The Bertz CT molecular complexity index is 661. The van der Waals surface area contributed by atoms with E-state index in [1.807, 2.05) is 38.1 Å². The zero-order chi connectivity index (χ0) is 14.3. The molecule has 1 N–H and O–H groups in total. The Kier molecular flexibility index (Phi) is 2.78. The third kappa shape index (κ3) is 2.05. The van der Waals surface area contributed by atoms with E-state index in [0.29, 0.717) is 6.42 Å². The molecule has 1 aromatic carbocycles. The molecule has 0 amide bonds. The molecule has 5 heteroatoms. The van der Waals surface area contributed by atoms with Gasteiger partial charge in [-0.1, -0.05) is 18.2 Å². The number of aromatic nitrogens is 2. The van der Waals surface area contributed by atoms with E-state index in [1.54, 1.807) is 10.9 Å². The normalized spacial score (nSPS) is 20.0. The van der Waals surface area contributed by atoms with Crippen molar-refractivity contribution in [3.8, 4) is 5.75 Å². The van der Waals surface area contributed by atoms with Crippen molar-refractivity contribution in [3.05, 3.63) is 48.0 Å². The first-order chi connectivity index (χ1) is 9.48. The van der Waals surface area contributed by atoms with Crippen LogP contribution in [-0.2, 0) is 0 Å². The van der Waals surface area contributed by atoms with Gasteiger partial charge in [-0.05, 0) is 19.9 Å². The second kappa shape index (κ2) is 4.37. The minimum atomic E-state index is -0.968. The van der Waals surface area contributed by atoms with Gasteiger partial charge in [-0.15, -0.1) is 0 Å². The van der Waals surface area contributed by atoms with Crippen LogP contribution < -0.4 is 4.74 Å². The first-order valence-corrected chi connectivity index (χ1v) is 6.51. The smallest absolute Gasteiger partial charge is 0.354 e. The van der Waals surface area contributed by atoms with Crippen molar-refractivity contribution < 1.29 is 14.6 Å². The Balaban J connectivity index is 2.13. The largest absolute Gasteiger partial charge is 0.487 e. The topological polar surface area (TPSA) is 64.4 Å². The minimum absolute atomic E-state index is 0.0800. The molecule has 1 aliphatic rings. The Morgan fingerprint density at radius 3 is 2.95 bits per heavy atom. The number of aromatic carboxylic acids is 1. The van der Waals surface area contributed by atoms with E-state index < -0.39 is 5.97 Å². The maximum Gasteiger partial charge on any atom is 0.354 e. The molecule has 3 rings (SSSR count). The second-order valence-corrected chi connectivity index (χ2v) is 5.61. The first-order valence-electron chi connectivity index (χ1n) is 6.51. The molecule has 2 aromatic rings. The van der Waals surface area contributed by atoms with E-state index in [9.17, 15) is 9.90 Å². The van der Waals surface area contributed by atoms with Gasteiger partial charge in [0.25, 0.3) is 0 Å². The monoisotopic (exact) mass is 272 g/mol. The lowest BCUT2D eigenvalue weighted by molar-refractivity contribution is 0.0607. The fourth-order valence-corrected chi connectivity index (χ4v) is 2.73. The average molecular weight is 272 g/mol. The highest BCUT2D eigenvalue weighted by molar-refractivity contribution is 5.85. The van der Waals surface area contributed by atoms with Crippen LogP contribution in [0.4, 0.5) is 0 Å². The Morgan fingerprint density at radius 2 is 2.20 bits per heavy atom. The number of hydrogen-bond donors (Lipinski definition) is 1. The van der Waals surface area contributed by atoms with Crippen molar-refractivity contribution in [1.29, 1.82) is 0 Å². The summed E-state index contributed by atoms with van der Waals surface area (Å²) in [7, 11) is 0. The number of ether oxygens (including phenoxy) is 1. The van der Waals surface area contributed by atoms with Crippen LogP contribution in [0, 0.1) is 0 Å². The van der Waals surface area contributed by atoms with Crippen LogP contribution in [0.5, 0.6) is 5.75 Å². The lowest BCUT2D eigenvalue weighted by Crippen LogP contribution is -2.37. The van der Waals surface area contributed by atoms with Gasteiger partial charge in [-0.3, -0.25) is 0 Å². The summed E-state index contributed by atoms with van der Waals surface area (Å²) in [5.74, 6) is -0.164. The molecule has 0 radical (unpaired) electrons. The number of para-hydroxylation sites is 1. The maximum atomic E-state index is 11.3. The molecular weight excluding hydrogens is 256 g/mol. The van der Waals surface area contributed by atoms with Gasteiger partial charge >= 0.3 is 5.97 Å². The van der Waals surface area contributed by atoms with Crippen molar-refractivity contribution >= 4 is 5.97 Å². The highest BCUT2D eigenvalue weighted by Crippen LogP contribution is 2.41. The van der Waals surface area contributed by atoms with Gasteiger partial charge in [0.2, 0.25) is 0 Å². The Hall–Kier alpha value is -2.30. The van der Waals surface area contributed by atoms with Crippen LogP contribution >= 0.6 is 0 Å². The van der Waals surface area contributed by atoms with Gasteiger partial charge in [0.15, 0.2) is 0 Å². The SMILES string of the molecule is CC1(C)CC(n2cncc2C(=O)O)c2ccccc2O1. The summed E-state index contributed by atoms with van der Waals surface area (Å²) in [6.45, 7) is 4.01. The molecule has 20 heavy (non-hydrogen) atoms. The molecular formula is C15H16N2O3. The molecule has 2 heterocycles. The van der Waals surface area contributed by atoms with Crippen LogP contribution in [0.3, 0.4) is 0 Å². The number of hydrogen-bond acceptors (Lipinski definition) is 3. The lowest BCUT2D eigenvalue weighted by atomic mass is 9.89. The predicted molar refractivity (Wildman–Crippen MR) is 73.1 cm³/mol. The fourth-order valence-electron chi connectivity index (χ4n) is 2.73. The second-order valence-electron chi connectivity index (χ2n) is 5.61. The summed E-state index contributed by atoms with van der Waals surface area (Å²) in [4.78, 5) is 15.3. The van der Waals surface area contributed by atoms with Crippen LogP contribution in [0.25, 0.3) is 0 Å². The summed E-state index contributed by atoms with van der Waals surface area (Å²) in [5.41, 5.74) is 0.842. The van der Waals surface area contributed by atoms with Gasteiger partial charge in [-0.25, -0.2) is 9.78 Å². The standard InChI is InChI=1S/C15H16N2O3/c1-15(2)7-11(10-5-3-4-6-13(10)20-15)17-9-16-8-12(17)14(18)19/h3-6,8-9,11H,7H2,1-2H3,(H,18,19). The number of benzene rings is 1. The molecule has 0 bridgehead atoms. The van der Waals surface area contributed by atoms with Crippen LogP contribution in [0.2, 0.25) is 0 Å². The number of nitrogens with zero attached hydrogens (tertiary/aromatic N) is 2. The zero-order valence-electron chi connectivity index (χ0n) is 11.4. The summed E-state index contributed by atoms with van der Waals surface area (Å²) in [6.07, 6.45) is 3.65. The molecule has 0 saturated heterocycles. The van der Waals surface area contributed by atoms with Crippen molar-refractivity contribution in [1.82, 2.24) is 9.55 Å². The molecule has 1 atom stereocenters. The molecule has 1 unspecified atom stereocenters. The fraction of sp³-hybridized carbons (Fsp3) is 0.333. The molecule has 0 fully saturated rings. The van der Waals surface area contributed by atoms with Gasteiger partial charge < -0.3 is 14.4 Å². The van der Waals surface area contributed by atoms with E-state index >= 15 is 0 Å². The number of fused-ring (bicyclic) bond motifs is 1. The van der Waals surface area contributed by atoms with Crippen molar-refractivity contribution in [2.75, 3.05) is 0 Å². The van der Waals surface area contributed by atoms with Gasteiger partial charge in [0.1, 0.15) is 17.0 Å². The van der Waals surface area contributed by atoms with E-state index in [2.05, 4.69) is 4.98 Å². The Morgan fingerprint density at radius 1 is 1.45 bits per heavy atom. The average Bonchev–Trinajstić information content (AvgIpc) is 2.85. The number of carbonyl (C=O) groups is 1. The highest BCUT2D eigenvalue weighted by atomic mass is 16.5. The van der Waals surface area contributed by atoms with Gasteiger partial charge in [0.05, 0.1) is 18.6 Å². The highest BCUT2D eigenvalue weighted by Gasteiger charge is 2.35. The summed E-state index contributed by atoms with van der Waals surface area (Å²) in [6, 6.07) is 7.67. The van der Waals surface area contributed by atoms with E-state index in [-0.39, 0.29) is 17.3 Å². The van der Waals surface area contributed by atoms with E-state index in [4.69, 9.17) is 4.74 Å². The molecule has 5 nitrogen and oxygen atoms in total. The third-order valence-corrected chi connectivity index (χ3v) is 3.57. The predicted octanol–water partition coefficient (Wildman–Crippen LogP) is 2.73. The number of imidazole rings is 1. The number of rotatable bonds is 2. The van der Waals surface area contributed by atoms with Gasteiger partial charge in [-0.2, -0.15) is 0 Å². The summed E-state index contributed by atoms with van der Waals surface area (Å²) >= 11 is 0. The van der Waals surface area contributed by atoms with Crippen molar-refractivity contribution in [2.24, 2.45) is 0 Å². The van der Waals surface area contributed by atoms with E-state index in [1.165, 1.54) is 6.20 Å². The van der Waals surface area contributed by atoms with E-state index in [0.717, 1.165) is 11.3 Å². The number of carboxylic acid groups (broad SMARTS) is 1. The quantitative estimate of drug-likeness (QED) is 0.913. The van der Waals surface area contributed by atoms with Gasteiger partial charge in [0, 0.05) is 12.0 Å². The molecule has 0 spiro atoms. The zero-order valence-corrected chi connectivity index (χ0v) is 11.4. The molecule has 0 saturated carbocycles. The van der Waals surface area contributed by atoms with Crippen LogP contribution in [0.15, 0.2) is 36.8 Å².